The highest BCUT2D eigenvalue weighted by molar-refractivity contribution is 14.1. The van der Waals surface area contributed by atoms with Gasteiger partial charge in [-0.1, -0.05) is 11.6 Å². The Morgan fingerprint density at radius 2 is 2.06 bits per heavy atom. The average molecular weight is 392 g/mol. The maximum atomic E-state index is 12.1. The molecule has 0 radical (unpaired) electrons. The molecule has 5 heteroatoms. The molecule has 1 heterocycles. The Kier molecular flexibility index (Phi) is 4.29. The second kappa shape index (κ2) is 5.59. The van der Waals surface area contributed by atoms with E-state index in [2.05, 4.69) is 27.9 Å². The summed E-state index contributed by atoms with van der Waals surface area (Å²) in [7, 11) is 0. The van der Waals surface area contributed by atoms with E-state index in [4.69, 9.17) is 11.6 Å². The van der Waals surface area contributed by atoms with Gasteiger partial charge in [-0.2, -0.15) is 0 Å². The Bertz CT molecular complexity index is 590. The summed E-state index contributed by atoms with van der Waals surface area (Å²) >= 11 is 9.54. The van der Waals surface area contributed by atoms with Crippen molar-refractivity contribution in [2.24, 2.45) is 0 Å². The fraction of sp³-hybridized carbons (Fsp3) is 0.154. The molecule has 0 aliphatic heterocycles. The lowest BCUT2D eigenvalue weighted by Crippen LogP contribution is -2.11. The first-order valence-electron chi connectivity index (χ1n) is 5.31. The van der Waals surface area contributed by atoms with Gasteiger partial charge in [-0.3, -0.25) is 4.79 Å². The van der Waals surface area contributed by atoms with E-state index >= 15 is 0 Å². The Labute approximate surface area is 129 Å². The summed E-state index contributed by atoms with van der Waals surface area (Å²) in [5, 5.41) is 3.57. The molecule has 2 aromatic rings. The summed E-state index contributed by atoms with van der Waals surface area (Å²) in [5.74, 6) is -0.0727. The van der Waals surface area contributed by atoms with Gasteiger partial charge in [-0.25, -0.2) is 0 Å². The highest BCUT2D eigenvalue weighted by Crippen LogP contribution is 2.25. The van der Waals surface area contributed by atoms with Gasteiger partial charge in [0.1, 0.15) is 0 Å². The van der Waals surface area contributed by atoms with Crippen LogP contribution in [0.25, 0.3) is 0 Å². The number of anilines is 1. The lowest BCUT2D eigenvalue weighted by Gasteiger charge is -2.06. The zero-order chi connectivity index (χ0) is 13.3. The van der Waals surface area contributed by atoms with Crippen LogP contribution in [-0.4, -0.2) is 5.91 Å². The normalized spacial score (nSPS) is 10.4. The Hall–Kier alpha value is -0.590. The van der Waals surface area contributed by atoms with E-state index in [1.165, 1.54) is 16.2 Å². The molecule has 2 rings (SSSR count). The van der Waals surface area contributed by atoms with Gasteiger partial charge < -0.3 is 5.32 Å². The Balaban J connectivity index is 2.21. The Morgan fingerprint density at radius 1 is 1.33 bits per heavy atom. The number of halogens is 2. The third-order valence-electron chi connectivity index (χ3n) is 2.57. The third-order valence-corrected chi connectivity index (χ3v) is 4.85. The van der Waals surface area contributed by atoms with E-state index in [0.29, 0.717) is 5.02 Å². The fourth-order valence-corrected chi connectivity index (χ4v) is 3.40. The van der Waals surface area contributed by atoms with Gasteiger partial charge in [-0.05, 0) is 66.3 Å². The standard InChI is InChI=1S/C13H11ClINOS/c1-7-5-12(18-8(7)2)13(17)16-11-4-3-9(14)6-10(11)15/h3-6H,1-2H3,(H,16,17). The van der Waals surface area contributed by atoms with E-state index in [1.807, 2.05) is 32.0 Å². The molecule has 1 amide bonds. The minimum absolute atomic E-state index is 0.0727. The molecule has 0 aliphatic rings. The maximum absolute atomic E-state index is 12.1. The average Bonchev–Trinajstić information content (AvgIpc) is 2.63. The highest BCUT2D eigenvalue weighted by atomic mass is 127. The van der Waals surface area contributed by atoms with Gasteiger partial charge in [-0.15, -0.1) is 11.3 Å². The summed E-state index contributed by atoms with van der Waals surface area (Å²) in [5.41, 5.74) is 1.93. The molecule has 0 saturated heterocycles. The molecule has 94 valence electrons. The largest absolute Gasteiger partial charge is 0.320 e. The first-order chi connectivity index (χ1) is 8.47. The van der Waals surface area contributed by atoms with Crippen LogP contribution in [0.5, 0.6) is 0 Å². The van der Waals surface area contributed by atoms with E-state index in [1.54, 1.807) is 6.07 Å². The number of carbonyl (C=O) groups is 1. The molecule has 0 atom stereocenters. The van der Waals surface area contributed by atoms with Gasteiger partial charge in [0.25, 0.3) is 5.91 Å². The molecule has 1 N–H and O–H groups in total. The number of nitrogens with one attached hydrogen (secondary N) is 1. The van der Waals surface area contributed by atoms with Crippen molar-refractivity contribution in [1.82, 2.24) is 0 Å². The first-order valence-corrected chi connectivity index (χ1v) is 7.58. The van der Waals surface area contributed by atoms with E-state index in [0.717, 1.165) is 19.7 Å². The van der Waals surface area contributed by atoms with Crippen molar-refractivity contribution < 1.29 is 4.79 Å². The van der Waals surface area contributed by atoms with Crippen molar-refractivity contribution in [3.63, 3.8) is 0 Å². The highest BCUT2D eigenvalue weighted by Gasteiger charge is 2.12. The van der Waals surface area contributed by atoms with Gasteiger partial charge in [0.15, 0.2) is 0 Å². The topological polar surface area (TPSA) is 29.1 Å². The van der Waals surface area contributed by atoms with Crippen molar-refractivity contribution in [2.45, 2.75) is 13.8 Å². The zero-order valence-electron chi connectivity index (χ0n) is 9.88. The predicted molar refractivity (Wildman–Crippen MR) is 85.9 cm³/mol. The summed E-state index contributed by atoms with van der Waals surface area (Å²) in [6.45, 7) is 4.03. The van der Waals surface area contributed by atoms with Gasteiger partial charge in [0.05, 0.1) is 10.6 Å². The molecule has 0 spiro atoms. The SMILES string of the molecule is Cc1cc(C(=O)Nc2ccc(Cl)cc2I)sc1C. The summed E-state index contributed by atoms with van der Waals surface area (Å²) in [6.07, 6.45) is 0. The van der Waals surface area contributed by atoms with Crippen LogP contribution in [0.2, 0.25) is 5.02 Å². The fourth-order valence-electron chi connectivity index (χ4n) is 1.46. The summed E-state index contributed by atoms with van der Waals surface area (Å²) < 4.78 is 0.929. The molecular weight excluding hydrogens is 381 g/mol. The monoisotopic (exact) mass is 391 g/mol. The molecule has 2 nitrogen and oxygen atoms in total. The number of hydrogen-bond donors (Lipinski definition) is 1. The zero-order valence-corrected chi connectivity index (χ0v) is 13.6. The van der Waals surface area contributed by atoms with Crippen LogP contribution in [0.15, 0.2) is 24.3 Å². The van der Waals surface area contributed by atoms with Crippen molar-refractivity contribution >= 4 is 57.1 Å². The third kappa shape index (κ3) is 3.05. The number of thiophene rings is 1. The second-order valence-electron chi connectivity index (χ2n) is 3.93. The van der Waals surface area contributed by atoms with Crippen LogP contribution in [0, 0.1) is 17.4 Å². The van der Waals surface area contributed by atoms with Crippen molar-refractivity contribution in [3.8, 4) is 0 Å². The van der Waals surface area contributed by atoms with Crippen LogP contribution in [-0.2, 0) is 0 Å². The van der Waals surface area contributed by atoms with Crippen LogP contribution < -0.4 is 5.32 Å². The molecule has 18 heavy (non-hydrogen) atoms. The number of benzene rings is 1. The lowest BCUT2D eigenvalue weighted by atomic mass is 10.2. The van der Waals surface area contributed by atoms with Crippen LogP contribution in [0.3, 0.4) is 0 Å². The minimum Gasteiger partial charge on any atom is -0.320 e. The van der Waals surface area contributed by atoms with E-state index in [9.17, 15) is 4.79 Å². The molecule has 0 unspecified atom stereocenters. The molecule has 0 aliphatic carbocycles. The number of aryl methyl sites for hydroxylation is 2. The second-order valence-corrected chi connectivity index (χ2v) is 6.78. The molecular formula is C13H11ClINOS. The van der Waals surface area contributed by atoms with Gasteiger partial charge in [0.2, 0.25) is 0 Å². The predicted octanol–water partition coefficient (Wildman–Crippen LogP) is 4.88. The lowest BCUT2D eigenvalue weighted by molar-refractivity contribution is 0.103. The van der Waals surface area contributed by atoms with Gasteiger partial charge >= 0.3 is 0 Å². The number of amides is 1. The molecule has 0 saturated carbocycles. The summed E-state index contributed by atoms with van der Waals surface area (Å²) in [4.78, 5) is 14.0. The van der Waals surface area contributed by atoms with Gasteiger partial charge in [0, 0.05) is 13.5 Å². The quantitative estimate of drug-likeness (QED) is 0.727. The maximum Gasteiger partial charge on any atom is 0.265 e. The summed E-state index contributed by atoms with van der Waals surface area (Å²) in [6, 6.07) is 7.32. The van der Waals surface area contributed by atoms with Crippen molar-refractivity contribution in [2.75, 3.05) is 5.32 Å². The smallest absolute Gasteiger partial charge is 0.265 e. The Morgan fingerprint density at radius 3 is 2.61 bits per heavy atom. The van der Waals surface area contributed by atoms with Crippen molar-refractivity contribution in [3.05, 3.63) is 48.2 Å². The number of carbonyl (C=O) groups excluding carboxylic acids is 1. The number of rotatable bonds is 2. The van der Waals surface area contributed by atoms with Crippen molar-refractivity contribution in [1.29, 1.82) is 0 Å². The molecule has 1 aromatic carbocycles. The van der Waals surface area contributed by atoms with Crippen LogP contribution in [0.4, 0.5) is 5.69 Å². The van der Waals surface area contributed by atoms with E-state index in [-0.39, 0.29) is 5.91 Å². The van der Waals surface area contributed by atoms with E-state index < -0.39 is 0 Å². The molecule has 1 aromatic heterocycles. The number of hydrogen-bond acceptors (Lipinski definition) is 2. The van der Waals surface area contributed by atoms with Crippen LogP contribution in [0.1, 0.15) is 20.1 Å². The molecule has 0 fully saturated rings. The first kappa shape index (κ1) is 13.8. The molecule has 0 bridgehead atoms. The van der Waals surface area contributed by atoms with Crippen LogP contribution >= 0.6 is 45.5 Å². The minimum atomic E-state index is -0.0727.